The Morgan fingerprint density at radius 2 is 1.97 bits per heavy atom. The van der Waals surface area contributed by atoms with E-state index < -0.39 is 5.82 Å². The zero-order chi connectivity index (χ0) is 24.9. The zero-order valence-electron chi connectivity index (χ0n) is 20.4. The molecule has 1 aliphatic carbocycles. The Labute approximate surface area is 214 Å². The quantitative estimate of drug-likeness (QED) is 0.221. The Morgan fingerprint density at radius 3 is 2.69 bits per heavy atom. The maximum atomic E-state index is 14.9. The Kier molecular flexibility index (Phi) is 7.68. The van der Waals surface area contributed by atoms with Crippen molar-refractivity contribution >= 4 is 27.3 Å². The number of Topliss-reactive ketones (excluding diaryl/α,β-unsaturated/α-hetero) is 1. The van der Waals surface area contributed by atoms with E-state index in [9.17, 15) is 9.18 Å². The number of hydrogen-bond donors (Lipinski definition) is 1. The highest BCUT2D eigenvalue weighted by Crippen LogP contribution is 2.39. The Balaban J connectivity index is 1.30. The number of nitrogens with zero attached hydrogens (tertiary/aromatic N) is 2. The van der Waals surface area contributed by atoms with E-state index in [1.54, 1.807) is 24.4 Å². The van der Waals surface area contributed by atoms with Gasteiger partial charge in [-0.3, -0.25) is 14.8 Å². The lowest BCUT2D eigenvalue weighted by Gasteiger charge is -2.24. The number of ether oxygens (including phenoxy) is 1. The predicted octanol–water partition coefficient (Wildman–Crippen LogP) is 7.09. The van der Waals surface area contributed by atoms with Crippen molar-refractivity contribution in [2.24, 2.45) is 5.92 Å². The topological polar surface area (TPSA) is 64.1 Å². The van der Waals surface area contributed by atoms with Crippen LogP contribution in [0.15, 0.2) is 54.9 Å². The van der Waals surface area contributed by atoms with Gasteiger partial charge in [-0.1, -0.05) is 38.3 Å². The van der Waals surface area contributed by atoms with E-state index >= 15 is 0 Å². The first kappa shape index (κ1) is 24.5. The van der Waals surface area contributed by atoms with Gasteiger partial charge in [-0.25, -0.2) is 4.39 Å². The van der Waals surface area contributed by atoms with Crippen molar-refractivity contribution in [3.05, 3.63) is 71.8 Å². The summed E-state index contributed by atoms with van der Waals surface area (Å²) in [6, 6.07) is 12.6. The van der Waals surface area contributed by atoms with Gasteiger partial charge in [0.2, 0.25) is 0 Å². The summed E-state index contributed by atoms with van der Waals surface area (Å²) in [6.07, 6.45) is 9.00. The van der Waals surface area contributed by atoms with Crippen molar-refractivity contribution in [1.82, 2.24) is 15.3 Å². The van der Waals surface area contributed by atoms with E-state index in [4.69, 9.17) is 4.74 Å². The van der Waals surface area contributed by atoms with Gasteiger partial charge >= 0.3 is 0 Å². The smallest absolute Gasteiger partial charge is 0.166 e. The van der Waals surface area contributed by atoms with E-state index in [0.717, 1.165) is 58.7 Å². The molecule has 0 unspecified atom stereocenters. The van der Waals surface area contributed by atoms with Crippen LogP contribution < -0.4 is 10.1 Å². The third-order valence-corrected chi connectivity index (χ3v) is 7.73. The molecule has 3 aromatic heterocycles. The molecule has 5 nitrogen and oxygen atoms in total. The van der Waals surface area contributed by atoms with Crippen LogP contribution in [0.1, 0.15) is 50.2 Å². The summed E-state index contributed by atoms with van der Waals surface area (Å²) in [5.74, 6) is 0.901. The fourth-order valence-corrected chi connectivity index (χ4v) is 5.42. The van der Waals surface area contributed by atoms with Gasteiger partial charge in [-0.05, 0) is 54.3 Å². The summed E-state index contributed by atoms with van der Waals surface area (Å²) in [5.41, 5.74) is 3.47. The van der Waals surface area contributed by atoms with E-state index in [-0.39, 0.29) is 18.0 Å². The fraction of sp³-hybridized carbons (Fsp3) is 0.345. The van der Waals surface area contributed by atoms with Crippen molar-refractivity contribution in [2.75, 3.05) is 6.54 Å². The highest BCUT2D eigenvalue weighted by Gasteiger charge is 2.21. The summed E-state index contributed by atoms with van der Waals surface area (Å²) in [5, 5.41) is 3.38. The zero-order valence-corrected chi connectivity index (χ0v) is 21.2. The molecule has 5 rings (SSSR count). The third kappa shape index (κ3) is 5.79. The average Bonchev–Trinajstić information content (AvgIpc) is 3.29. The van der Waals surface area contributed by atoms with Gasteiger partial charge in [-0.2, -0.15) is 0 Å². The van der Waals surface area contributed by atoms with E-state index in [0.29, 0.717) is 23.7 Å². The van der Waals surface area contributed by atoms with Gasteiger partial charge in [0, 0.05) is 37.8 Å². The second-order valence-corrected chi connectivity index (χ2v) is 10.5. The van der Waals surface area contributed by atoms with Crippen molar-refractivity contribution in [2.45, 2.75) is 52.0 Å². The molecule has 0 radical (unpaired) electrons. The summed E-state index contributed by atoms with van der Waals surface area (Å²) >= 11 is 1.52. The number of hydrogen-bond acceptors (Lipinski definition) is 6. The van der Waals surface area contributed by atoms with Gasteiger partial charge in [0.25, 0.3) is 0 Å². The normalized spacial score (nSPS) is 13.6. The molecule has 7 heteroatoms. The number of fused-ring (bicyclic) bond motifs is 1. The van der Waals surface area contributed by atoms with E-state index in [1.165, 1.54) is 23.8 Å². The Morgan fingerprint density at radius 1 is 1.11 bits per heavy atom. The van der Waals surface area contributed by atoms with Crippen LogP contribution >= 0.6 is 11.3 Å². The van der Waals surface area contributed by atoms with Crippen molar-refractivity contribution in [3.63, 3.8) is 0 Å². The number of benzene rings is 1. The van der Waals surface area contributed by atoms with Gasteiger partial charge in [0.15, 0.2) is 11.6 Å². The van der Waals surface area contributed by atoms with E-state index in [1.807, 2.05) is 18.3 Å². The van der Waals surface area contributed by atoms with Gasteiger partial charge < -0.3 is 10.1 Å². The molecule has 1 fully saturated rings. The number of rotatable bonds is 11. The SMILES string of the molecule is CCCNCc1ccc(-c2cc3nccc(Oc4ccc(CC(=O)CC5CCC5)cc4F)c3s2)nc1. The second kappa shape index (κ2) is 11.3. The molecule has 1 N–H and O–H groups in total. The lowest BCUT2D eigenvalue weighted by atomic mass is 9.81. The molecule has 1 aliphatic rings. The van der Waals surface area contributed by atoms with Crippen LogP contribution in [0.5, 0.6) is 11.5 Å². The molecule has 3 heterocycles. The molecule has 1 aromatic carbocycles. The first-order valence-electron chi connectivity index (χ1n) is 12.6. The average molecular weight is 504 g/mol. The van der Waals surface area contributed by atoms with Crippen LogP contribution in [0.2, 0.25) is 0 Å². The van der Waals surface area contributed by atoms with Crippen LogP contribution in [-0.4, -0.2) is 22.3 Å². The Hall–Kier alpha value is -3.16. The lowest BCUT2D eigenvalue weighted by molar-refractivity contribution is -0.119. The minimum Gasteiger partial charge on any atom is -0.453 e. The molecule has 0 aliphatic heterocycles. The first-order chi connectivity index (χ1) is 17.6. The lowest BCUT2D eigenvalue weighted by Crippen LogP contribution is -2.17. The van der Waals surface area contributed by atoms with Gasteiger partial charge in [0.05, 0.1) is 20.8 Å². The molecule has 0 saturated heterocycles. The van der Waals surface area contributed by atoms with Crippen molar-refractivity contribution < 1.29 is 13.9 Å². The molecular formula is C29H30FN3O2S. The summed E-state index contributed by atoms with van der Waals surface area (Å²) in [6.45, 7) is 3.92. The number of carbonyl (C=O) groups excluding carboxylic acids is 1. The number of ketones is 1. The fourth-order valence-electron chi connectivity index (χ4n) is 4.38. The number of aromatic nitrogens is 2. The Bertz CT molecular complexity index is 1350. The molecular weight excluding hydrogens is 473 g/mol. The first-order valence-corrected chi connectivity index (χ1v) is 13.4. The van der Waals surface area contributed by atoms with Gasteiger partial charge in [0.1, 0.15) is 11.5 Å². The van der Waals surface area contributed by atoms with Gasteiger partial charge in [-0.15, -0.1) is 11.3 Å². The maximum Gasteiger partial charge on any atom is 0.166 e. The number of thiophene rings is 1. The monoisotopic (exact) mass is 503 g/mol. The van der Waals surface area contributed by atoms with Crippen molar-refractivity contribution in [3.8, 4) is 22.1 Å². The van der Waals surface area contributed by atoms with E-state index in [2.05, 4.69) is 28.3 Å². The largest absolute Gasteiger partial charge is 0.453 e. The minimum absolute atomic E-state index is 0.134. The highest BCUT2D eigenvalue weighted by molar-refractivity contribution is 7.22. The predicted molar refractivity (Wildman–Crippen MR) is 142 cm³/mol. The maximum absolute atomic E-state index is 14.9. The molecule has 4 aromatic rings. The molecule has 0 amide bonds. The van der Waals surface area contributed by atoms with Crippen LogP contribution in [0, 0.1) is 11.7 Å². The van der Waals surface area contributed by atoms with Crippen LogP contribution in [0.3, 0.4) is 0 Å². The highest BCUT2D eigenvalue weighted by atomic mass is 32.1. The summed E-state index contributed by atoms with van der Waals surface area (Å²) < 4.78 is 21.7. The van der Waals surface area contributed by atoms with Crippen LogP contribution in [0.4, 0.5) is 4.39 Å². The molecule has 0 spiro atoms. The molecule has 0 bridgehead atoms. The standard InChI is InChI=1S/C29H30FN3O2S/c1-2-11-31-17-21-6-8-24(33-18-21)28-16-25-29(36-28)27(10-12-32-25)35-26-9-7-20(15-23(26)30)14-22(34)13-19-4-3-5-19/h6-10,12,15-16,18-19,31H,2-5,11,13-14,17H2,1H3. The third-order valence-electron chi connectivity index (χ3n) is 6.57. The van der Waals surface area contributed by atoms with Crippen LogP contribution in [0.25, 0.3) is 20.8 Å². The number of nitrogens with one attached hydrogen (secondary N) is 1. The minimum atomic E-state index is -0.473. The molecule has 1 saturated carbocycles. The van der Waals surface area contributed by atoms with Crippen molar-refractivity contribution in [1.29, 1.82) is 0 Å². The van der Waals surface area contributed by atoms with Crippen LogP contribution in [-0.2, 0) is 17.8 Å². The number of pyridine rings is 2. The number of halogens is 1. The molecule has 0 atom stereocenters. The molecule has 186 valence electrons. The molecule has 36 heavy (non-hydrogen) atoms. The number of carbonyl (C=O) groups is 1. The second-order valence-electron chi connectivity index (χ2n) is 9.45. The summed E-state index contributed by atoms with van der Waals surface area (Å²) in [4.78, 5) is 22.3. The summed E-state index contributed by atoms with van der Waals surface area (Å²) in [7, 11) is 0.